The molecule has 196 valence electrons. The van der Waals surface area contributed by atoms with Crippen molar-refractivity contribution in [1.29, 1.82) is 0 Å². The van der Waals surface area contributed by atoms with Gasteiger partial charge in [-0.15, -0.1) is 0 Å². The minimum absolute atomic E-state index is 0.00444. The molecule has 3 aliphatic heterocycles. The molecule has 0 radical (unpaired) electrons. The van der Waals surface area contributed by atoms with Crippen molar-refractivity contribution >= 4 is 29.0 Å². The molecule has 0 aromatic heterocycles. The number of rotatable bonds is 4. The van der Waals surface area contributed by atoms with Crippen LogP contribution in [0.4, 0.5) is 14.5 Å². The number of ketones is 1. The van der Waals surface area contributed by atoms with Gasteiger partial charge in [-0.2, -0.15) is 0 Å². The Morgan fingerprint density at radius 1 is 1.16 bits per heavy atom. The lowest BCUT2D eigenvalue weighted by Crippen LogP contribution is -2.31. The molecule has 2 aromatic carbocycles. The van der Waals surface area contributed by atoms with Gasteiger partial charge in [0.25, 0.3) is 5.91 Å². The second-order valence-electron chi connectivity index (χ2n) is 9.52. The molecular weight excluding hydrogens is 484 g/mol. The normalized spacial score (nSPS) is 19.4. The number of amides is 2. The number of fused-ring (bicyclic) bond motifs is 2. The predicted molar refractivity (Wildman–Crippen MR) is 133 cm³/mol. The topological polar surface area (TPSA) is 97.3 Å². The Morgan fingerprint density at radius 2 is 1.92 bits per heavy atom. The standard InChI is InChI=1S/C21H20F2N2O3.C6H9NO2/c1-11-6-12-7-13(21(26)25(2)3)8-18(20(12)24-11)28-16-4-5-27-17-10-14(22)9-15(23)19(16)17;1-4(8)5-2-3-6(9)7-5/h7-10,16H,4-6H2,1-3H3;5H,2-3H2,1H3,(H,7,9)/t16-;5-/m00/s1. The van der Waals surface area contributed by atoms with Crippen LogP contribution in [0.2, 0.25) is 0 Å². The third-order valence-corrected chi connectivity index (χ3v) is 6.33. The maximum atomic E-state index is 14.4. The average Bonchev–Trinajstić information content (AvgIpc) is 3.43. The van der Waals surface area contributed by atoms with Crippen LogP contribution in [-0.4, -0.2) is 55.0 Å². The number of nitrogens with one attached hydrogen (secondary N) is 1. The van der Waals surface area contributed by atoms with Crippen molar-refractivity contribution in [2.75, 3.05) is 20.7 Å². The van der Waals surface area contributed by atoms with Gasteiger partial charge in [0.1, 0.15) is 34.9 Å². The van der Waals surface area contributed by atoms with E-state index in [0.717, 1.165) is 23.4 Å². The van der Waals surface area contributed by atoms with Crippen molar-refractivity contribution < 1.29 is 32.6 Å². The van der Waals surface area contributed by atoms with E-state index >= 15 is 0 Å². The first kappa shape index (κ1) is 26.2. The number of benzene rings is 2. The summed E-state index contributed by atoms with van der Waals surface area (Å²) < 4.78 is 39.5. The van der Waals surface area contributed by atoms with E-state index in [9.17, 15) is 23.2 Å². The van der Waals surface area contributed by atoms with Crippen LogP contribution in [0.25, 0.3) is 0 Å². The van der Waals surface area contributed by atoms with E-state index in [1.165, 1.54) is 11.8 Å². The largest absolute Gasteiger partial charge is 0.493 e. The first-order valence-electron chi connectivity index (χ1n) is 12.0. The second kappa shape index (κ2) is 10.7. The summed E-state index contributed by atoms with van der Waals surface area (Å²) in [6, 6.07) is 5.24. The number of halogens is 2. The molecule has 2 atom stereocenters. The van der Waals surface area contributed by atoms with Gasteiger partial charge in [0, 0.05) is 56.8 Å². The van der Waals surface area contributed by atoms with Crippen molar-refractivity contribution in [1.82, 2.24) is 10.2 Å². The molecule has 0 unspecified atom stereocenters. The lowest BCUT2D eigenvalue weighted by molar-refractivity contribution is -0.123. The van der Waals surface area contributed by atoms with E-state index in [1.54, 1.807) is 20.2 Å². The summed E-state index contributed by atoms with van der Waals surface area (Å²) in [5.41, 5.74) is 3.13. The number of Topliss-reactive ketones (excluding diaryl/α,β-unsaturated/α-hetero) is 1. The van der Waals surface area contributed by atoms with Crippen LogP contribution in [0.5, 0.6) is 11.5 Å². The third kappa shape index (κ3) is 5.79. The third-order valence-electron chi connectivity index (χ3n) is 6.33. The fourth-order valence-corrected chi connectivity index (χ4v) is 4.51. The minimum Gasteiger partial charge on any atom is -0.493 e. The van der Waals surface area contributed by atoms with E-state index in [2.05, 4.69) is 10.3 Å². The van der Waals surface area contributed by atoms with E-state index in [1.807, 2.05) is 13.0 Å². The summed E-state index contributed by atoms with van der Waals surface area (Å²) in [5, 5.41) is 2.56. The molecule has 0 aliphatic carbocycles. The van der Waals surface area contributed by atoms with E-state index in [-0.39, 0.29) is 41.6 Å². The molecule has 2 aromatic rings. The Balaban J connectivity index is 0.000000301. The summed E-state index contributed by atoms with van der Waals surface area (Å²) in [5.74, 6) is -0.950. The van der Waals surface area contributed by atoms with E-state index in [4.69, 9.17) is 9.47 Å². The predicted octanol–water partition coefficient (Wildman–Crippen LogP) is 4.07. The van der Waals surface area contributed by atoms with Crippen molar-refractivity contribution in [3.05, 3.63) is 52.6 Å². The van der Waals surface area contributed by atoms with E-state index < -0.39 is 17.7 Å². The summed E-state index contributed by atoms with van der Waals surface area (Å²) in [4.78, 5) is 39.6. The number of carbonyl (C=O) groups is 3. The average molecular weight is 514 g/mol. The molecule has 0 bridgehead atoms. The maximum absolute atomic E-state index is 14.4. The van der Waals surface area contributed by atoms with E-state index in [0.29, 0.717) is 42.7 Å². The summed E-state index contributed by atoms with van der Waals surface area (Å²) in [6.07, 6.45) is 1.55. The van der Waals surface area contributed by atoms with Gasteiger partial charge in [0.15, 0.2) is 5.78 Å². The van der Waals surface area contributed by atoms with Crippen LogP contribution in [0.15, 0.2) is 29.3 Å². The zero-order valence-electron chi connectivity index (χ0n) is 21.2. The highest BCUT2D eigenvalue weighted by molar-refractivity contribution is 5.99. The second-order valence-corrected chi connectivity index (χ2v) is 9.52. The number of aliphatic imine (C=N–C) groups is 1. The maximum Gasteiger partial charge on any atom is 0.253 e. The molecular formula is C27H29F2N3O5. The molecule has 2 amide bonds. The Kier molecular flexibility index (Phi) is 7.56. The molecule has 37 heavy (non-hydrogen) atoms. The zero-order valence-corrected chi connectivity index (χ0v) is 21.2. The van der Waals surface area contributed by atoms with Crippen molar-refractivity contribution in [3.8, 4) is 11.5 Å². The molecule has 1 N–H and O–H groups in total. The summed E-state index contributed by atoms with van der Waals surface area (Å²) >= 11 is 0. The number of carbonyl (C=O) groups excluding carboxylic acids is 3. The molecule has 1 fully saturated rings. The zero-order chi connectivity index (χ0) is 26.9. The molecule has 5 rings (SSSR count). The van der Waals surface area contributed by atoms with Crippen LogP contribution < -0.4 is 14.8 Å². The molecule has 3 heterocycles. The quantitative estimate of drug-likeness (QED) is 0.665. The van der Waals surface area contributed by atoms with Crippen LogP contribution in [0, 0.1) is 11.6 Å². The molecule has 1 saturated heterocycles. The molecule has 0 spiro atoms. The SMILES string of the molecule is CC(=O)[C@@H]1CCC(=O)N1.CC1=Nc2c(cc(C(=O)N(C)C)cc2O[C@H]2CCOc3cc(F)cc(F)c32)C1. The Hall–Kier alpha value is -3.82. The van der Waals surface area contributed by atoms with Crippen LogP contribution in [-0.2, 0) is 16.0 Å². The lowest BCUT2D eigenvalue weighted by Gasteiger charge is -2.27. The summed E-state index contributed by atoms with van der Waals surface area (Å²) in [6.45, 7) is 3.68. The highest BCUT2D eigenvalue weighted by Crippen LogP contribution is 2.43. The Labute approximate surface area is 213 Å². The first-order chi connectivity index (χ1) is 17.5. The molecule has 10 heteroatoms. The summed E-state index contributed by atoms with van der Waals surface area (Å²) in [7, 11) is 3.35. The van der Waals surface area contributed by atoms with Gasteiger partial charge in [-0.1, -0.05) is 0 Å². The fourth-order valence-electron chi connectivity index (χ4n) is 4.51. The number of hydrogen-bond donors (Lipinski definition) is 1. The van der Waals surface area contributed by atoms with Crippen molar-refractivity contribution in [2.24, 2.45) is 4.99 Å². The number of hydrogen-bond acceptors (Lipinski definition) is 6. The van der Waals surface area contributed by atoms with Gasteiger partial charge >= 0.3 is 0 Å². The van der Waals surface area contributed by atoms with Crippen molar-refractivity contribution in [2.45, 2.75) is 51.7 Å². The van der Waals surface area contributed by atoms with Crippen molar-refractivity contribution in [3.63, 3.8) is 0 Å². The molecule has 3 aliphatic rings. The smallest absolute Gasteiger partial charge is 0.253 e. The Morgan fingerprint density at radius 3 is 2.54 bits per heavy atom. The van der Waals surface area contributed by atoms with Gasteiger partial charge in [-0.3, -0.25) is 19.4 Å². The monoisotopic (exact) mass is 513 g/mol. The van der Waals surface area contributed by atoms with Crippen LogP contribution in [0.1, 0.15) is 60.7 Å². The molecule has 8 nitrogen and oxygen atoms in total. The van der Waals surface area contributed by atoms with Crippen LogP contribution >= 0.6 is 0 Å². The molecule has 0 saturated carbocycles. The minimum atomic E-state index is -0.712. The van der Waals surface area contributed by atoms with Gasteiger partial charge in [0.2, 0.25) is 5.91 Å². The van der Waals surface area contributed by atoms with Gasteiger partial charge in [-0.05, 0) is 38.0 Å². The number of nitrogens with zero attached hydrogens (tertiary/aromatic N) is 2. The highest BCUT2D eigenvalue weighted by Gasteiger charge is 2.30. The van der Waals surface area contributed by atoms with Gasteiger partial charge in [0.05, 0.1) is 18.2 Å². The number of ether oxygens (including phenoxy) is 2. The fraction of sp³-hybridized carbons (Fsp3) is 0.407. The Bertz CT molecular complexity index is 1290. The van der Waals surface area contributed by atoms with Gasteiger partial charge in [-0.25, -0.2) is 8.78 Å². The van der Waals surface area contributed by atoms with Gasteiger partial charge < -0.3 is 19.7 Å². The van der Waals surface area contributed by atoms with Crippen LogP contribution in [0.3, 0.4) is 0 Å². The first-order valence-corrected chi connectivity index (χ1v) is 12.0. The lowest BCUT2D eigenvalue weighted by atomic mass is 10.0. The highest BCUT2D eigenvalue weighted by atomic mass is 19.1.